The number of furan rings is 1. The normalized spacial score (nSPS) is 11.2. The van der Waals surface area contributed by atoms with E-state index in [4.69, 9.17) is 16.0 Å². The highest BCUT2D eigenvalue weighted by molar-refractivity contribution is 6.31. The summed E-state index contributed by atoms with van der Waals surface area (Å²) in [6.45, 7) is 0. The molecule has 0 atom stereocenters. The number of hydrogen-bond acceptors (Lipinski definition) is 2. The van der Waals surface area contributed by atoms with Crippen LogP contribution < -0.4 is 0 Å². The highest BCUT2D eigenvalue weighted by Crippen LogP contribution is 2.24. The van der Waals surface area contributed by atoms with E-state index in [0.717, 1.165) is 0 Å². The van der Waals surface area contributed by atoms with E-state index in [1.807, 2.05) is 0 Å². The van der Waals surface area contributed by atoms with E-state index in [9.17, 15) is 13.6 Å². The lowest BCUT2D eigenvalue weighted by molar-refractivity contribution is 0.0651. The quantitative estimate of drug-likeness (QED) is 0.739. The van der Waals surface area contributed by atoms with Gasteiger partial charge in [-0.05, 0) is 24.3 Å². The van der Waals surface area contributed by atoms with Crippen molar-refractivity contribution in [1.82, 2.24) is 0 Å². The minimum atomic E-state index is -3.05. The molecule has 0 fully saturated rings. The number of carbonyl (C=O) groups excluding carboxylic acids is 1. The van der Waals surface area contributed by atoms with Gasteiger partial charge in [-0.1, -0.05) is 11.6 Å². The smallest absolute Gasteiger partial charge is 0.303 e. The van der Waals surface area contributed by atoms with E-state index in [1.165, 1.54) is 12.1 Å². The van der Waals surface area contributed by atoms with Gasteiger partial charge in [-0.2, -0.15) is 0 Å². The lowest BCUT2D eigenvalue weighted by atomic mass is 10.2. The van der Waals surface area contributed by atoms with Crippen LogP contribution in [0.4, 0.5) is 8.78 Å². The van der Waals surface area contributed by atoms with Crippen molar-refractivity contribution in [3.63, 3.8) is 0 Å². The Bertz CT molecular complexity index is 519. The molecule has 0 N–H and O–H groups in total. The van der Waals surface area contributed by atoms with Crippen LogP contribution in [0.25, 0.3) is 11.0 Å². The fourth-order valence-corrected chi connectivity index (χ4v) is 1.42. The molecule has 0 aliphatic heterocycles. The second-order valence-corrected chi connectivity index (χ2v) is 3.39. The Labute approximate surface area is 88.4 Å². The van der Waals surface area contributed by atoms with Gasteiger partial charge in [0.1, 0.15) is 5.58 Å². The molecule has 78 valence electrons. The minimum Gasteiger partial charge on any atom is -0.453 e. The molecule has 1 aromatic carbocycles. The molecule has 0 radical (unpaired) electrons. The van der Waals surface area contributed by atoms with Crippen LogP contribution in [-0.4, -0.2) is 12.2 Å². The summed E-state index contributed by atoms with van der Waals surface area (Å²) in [6.07, 6.45) is -3.05. The van der Waals surface area contributed by atoms with E-state index in [1.54, 1.807) is 12.1 Å². The molecule has 2 nitrogen and oxygen atoms in total. The summed E-state index contributed by atoms with van der Waals surface area (Å²) in [6, 6.07) is 5.89. The van der Waals surface area contributed by atoms with Gasteiger partial charge in [0.05, 0.1) is 0 Å². The van der Waals surface area contributed by atoms with E-state index < -0.39 is 12.2 Å². The van der Waals surface area contributed by atoms with Crippen LogP contribution in [0.3, 0.4) is 0 Å². The van der Waals surface area contributed by atoms with Crippen LogP contribution in [0, 0.1) is 0 Å². The van der Waals surface area contributed by atoms with Crippen molar-refractivity contribution < 1.29 is 18.0 Å². The van der Waals surface area contributed by atoms with E-state index in [2.05, 4.69) is 0 Å². The van der Waals surface area contributed by atoms with Crippen LogP contribution >= 0.6 is 11.6 Å². The summed E-state index contributed by atoms with van der Waals surface area (Å²) >= 11 is 5.70. The fourth-order valence-electron chi connectivity index (χ4n) is 1.24. The molecular weight excluding hydrogens is 226 g/mol. The predicted octanol–water partition coefficient (Wildman–Crippen LogP) is 3.53. The third-order valence-electron chi connectivity index (χ3n) is 1.92. The van der Waals surface area contributed by atoms with Gasteiger partial charge >= 0.3 is 6.43 Å². The maximum atomic E-state index is 12.1. The Morgan fingerprint density at radius 2 is 2.07 bits per heavy atom. The molecule has 0 spiro atoms. The Kier molecular flexibility index (Phi) is 2.44. The molecular formula is C10H5ClF2O2. The number of benzene rings is 1. The molecule has 0 saturated heterocycles. The Morgan fingerprint density at radius 1 is 1.33 bits per heavy atom. The molecule has 0 amide bonds. The standard InChI is InChI=1S/C10H5ClF2O2/c11-6-1-2-7-5(3-6)4-8(15-7)9(14)10(12)13/h1-4,10H. The van der Waals surface area contributed by atoms with Crippen LogP contribution in [0.1, 0.15) is 10.6 Å². The maximum absolute atomic E-state index is 12.1. The molecule has 2 rings (SSSR count). The van der Waals surface area contributed by atoms with Crippen molar-refractivity contribution in [2.45, 2.75) is 6.43 Å². The average molecular weight is 231 g/mol. The first kappa shape index (κ1) is 10.1. The zero-order chi connectivity index (χ0) is 11.0. The van der Waals surface area contributed by atoms with E-state index in [-0.39, 0.29) is 5.76 Å². The molecule has 0 bridgehead atoms. The number of alkyl halides is 2. The third kappa shape index (κ3) is 1.85. The molecule has 0 saturated carbocycles. The molecule has 1 aromatic heterocycles. The minimum absolute atomic E-state index is 0.345. The molecule has 2 aromatic rings. The number of carbonyl (C=O) groups is 1. The second-order valence-electron chi connectivity index (χ2n) is 2.96. The van der Waals surface area contributed by atoms with Gasteiger partial charge in [0.15, 0.2) is 5.76 Å². The number of halogens is 3. The predicted molar refractivity (Wildman–Crippen MR) is 51.6 cm³/mol. The number of Topliss-reactive ketones (excluding diaryl/α,β-unsaturated/α-hetero) is 1. The summed E-state index contributed by atoms with van der Waals surface area (Å²) in [5.74, 6) is -1.66. The zero-order valence-electron chi connectivity index (χ0n) is 7.34. The van der Waals surface area contributed by atoms with E-state index >= 15 is 0 Å². The molecule has 0 aliphatic rings. The number of hydrogen-bond donors (Lipinski definition) is 0. The summed E-state index contributed by atoms with van der Waals surface area (Å²) in [5, 5.41) is 0.992. The van der Waals surface area contributed by atoms with Crippen molar-refractivity contribution in [3.05, 3.63) is 35.0 Å². The third-order valence-corrected chi connectivity index (χ3v) is 2.15. The van der Waals surface area contributed by atoms with Crippen molar-refractivity contribution in [1.29, 1.82) is 0 Å². The monoisotopic (exact) mass is 230 g/mol. The second kappa shape index (κ2) is 3.62. The van der Waals surface area contributed by atoms with Crippen LogP contribution in [0.2, 0.25) is 5.02 Å². The van der Waals surface area contributed by atoms with Gasteiger partial charge in [-0.25, -0.2) is 8.78 Å². The molecule has 15 heavy (non-hydrogen) atoms. The SMILES string of the molecule is O=C(c1cc2cc(Cl)ccc2o1)C(F)F. The van der Waals surface area contributed by atoms with Crippen molar-refractivity contribution in [2.24, 2.45) is 0 Å². The summed E-state index contributed by atoms with van der Waals surface area (Å²) < 4.78 is 29.1. The first-order valence-corrected chi connectivity index (χ1v) is 4.47. The summed E-state index contributed by atoms with van der Waals surface area (Å²) in [4.78, 5) is 10.9. The molecule has 1 heterocycles. The number of ketones is 1. The van der Waals surface area contributed by atoms with Gasteiger partial charge in [0.2, 0.25) is 0 Å². The van der Waals surface area contributed by atoms with Crippen molar-refractivity contribution in [2.75, 3.05) is 0 Å². The van der Waals surface area contributed by atoms with Crippen LogP contribution in [0.5, 0.6) is 0 Å². The maximum Gasteiger partial charge on any atom is 0.303 e. The lowest BCUT2D eigenvalue weighted by Crippen LogP contribution is -2.08. The van der Waals surface area contributed by atoms with Crippen LogP contribution in [0.15, 0.2) is 28.7 Å². The van der Waals surface area contributed by atoms with Gasteiger partial charge in [0, 0.05) is 10.4 Å². The van der Waals surface area contributed by atoms with Gasteiger partial charge in [-0.15, -0.1) is 0 Å². The van der Waals surface area contributed by atoms with Crippen molar-refractivity contribution in [3.8, 4) is 0 Å². The number of fused-ring (bicyclic) bond motifs is 1. The Morgan fingerprint density at radius 3 is 2.73 bits per heavy atom. The topological polar surface area (TPSA) is 30.2 Å². The molecule has 0 unspecified atom stereocenters. The molecule has 0 aliphatic carbocycles. The lowest BCUT2D eigenvalue weighted by Gasteiger charge is -1.91. The fraction of sp³-hybridized carbons (Fsp3) is 0.100. The zero-order valence-corrected chi connectivity index (χ0v) is 8.09. The summed E-state index contributed by atoms with van der Waals surface area (Å²) in [5.41, 5.74) is 0.364. The Balaban J connectivity index is 2.52. The first-order chi connectivity index (χ1) is 7.08. The summed E-state index contributed by atoms with van der Waals surface area (Å²) in [7, 11) is 0. The largest absolute Gasteiger partial charge is 0.453 e. The van der Waals surface area contributed by atoms with Gasteiger partial charge < -0.3 is 4.42 Å². The highest BCUT2D eigenvalue weighted by Gasteiger charge is 2.21. The average Bonchev–Trinajstić information content (AvgIpc) is 2.58. The van der Waals surface area contributed by atoms with Gasteiger partial charge in [0.25, 0.3) is 5.78 Å². The first-order valence-electron chi connectivity index (χ1n) is 4.09. The Hall–Kier alpha value is -1.42. The van der Waals surface area contributed by atoms with E-state index in [0.29, 0.717) is 16.0 Å². The van der Waals surface area contributed by atoms with Gasteiger partial charge in [-0.3, -0.25) is 4.79 Å². The highest BCUT2D eigenvalue weighted by atomic mass is 35.5. The van der Waals surface area contributed by atoms with Crippen molar-refractivity contribution >= 4 is 28.4 Å². The number of rotatable bonds is 2. The van der Waals surface area contributed by atoms with Crippen LogP contribution in [-0.2, 0) is 0 Å². The molecule has 5 heteroatoms.